The van der Waals surface area contributed by atoms with Crippen LogP contribution in [0.25, 0.3) is 0 Å². The molecule has 1 aromatic rings. The van der Waals surface area contributed by atoms with E-state index in [-0.39, 0.29) is 6.10 Å². The van der Waals surface area contributed by atoms with E-state index >= 15 is 0 Å². The first kappa shape index (κ1) is 8.93. The van der Waals surface area contributed by atoms with Crippen molar-refractivity contribution < 1.29 is 4.74 Å². The van der Waals surface area contributed by atoms with Crippen LogP contribution in [0, 0.1) is 2.88 Å². The van der Waals surface area contributed by atoms with Crippen molar-refractivity contribution >= 4 is 33.9 Å². The molecule has 0 saturated carbocycles. The minimum atomic E-state index is 0.147. The third-order valence-corrected chi connectivity index (χ3v) is 3.99. The molecule has 1 aromatic heterocycles. The molecule has 0 saturated heterocycles. The highest BCUT2D eigenvalue weighted by Gasteiger charge is 2.21. The van der Waals surface area contributed by atoms with Crippen molar-refractivity contribution in [2.45, 2.75) is 12.5 Å². The van der Waals surface area contributed by atoms with Crippen LogP contribution >= 0.6 is 33.9 Å². The van der Waals surface area contributed by atoms with E-state index < -0.39 is 0 Å². The predicted molar refractivity (Wildman–Crippen MR) is 58.5 cm³/mol. The second-order valence-corrected chi connectivity index (χ2v) is 5.81. The van der Waals surface area contributed by atoms with Crippen LogP contribution in [0.2, 0.25) is 0 Å². The van der Waals surface area contributed by atoms with Gasteiger partial charge in [-0.05, 0) is 34.2 Å². The third kappa shape index (κ3) is 1.53. The smallest absolute Gasteiger partial charge is 0.0958 e. The van der Waals surface area contributed by atoms with Gasteiger partial charge in [0.05, 0.1) is 15.6 Å². The van der Waals surface area contributed by atoms with Gasteiger partial charge < -0.3 is 10.5 Å². The molecule has 0 spiro atoms. The van der Waals surface area contributed by atoms with Crippen molar-refractivity contribution in [1.29, 1.82) is 0 Å². The van der Waals surface area contributed by atoms with Gasteiger partial charge in [0.15, 0.2) is 0 Å². The Hall–Kier alpha value is 0.350. The fraction of sp³-hybridized carbons (Fsp3) is 0.500. The topological polar surface area (TPSA) is 35.2 Å². The van der Waals surface area contributed by atoms with E-state index in [0.29, 0.717) is 6.54 Å². The van der Waals surface area contributed by atoms with E-state index in [2.05, 4.69) is 28.7 Å². The predicted octanol–water partition coefficient (Wildman–Crippen LogP) is 1.93. The summed E-state index contributed by atoms with van der Waals surface area (Å²) in [6.45, 7) is 1.42. The number of ether oxygens (including phenoxy) is 1. The van der Waals surface area contributed by atoms with E-state index in [1.54, 1.807) is 0 Å². The average molecular weight is 295 g/mol. The zero-order valence-corrected chi connectivity index (χ0v) is 9.52. The van der Waals surface area contributed by atoms with E-state index in [4.69, 9.17) is 10.5 Å². The van der Waals surface area contributed by atoms with Crippen molar-refractivity contribution in [3.63, 3.8) is 0 Å². The molecular weight excluding hydrogens is 285 g/mol. The molecule has 1 unspecified atom stereocenters. The summed E-state index contributed by atoms with van der Waals surface area (Å²) in [7, 11) is 0. The molecule has 2 nitrogen and oxygen atoms in total. The first-order valence-corrected chi connectivity index (χ1v) is 5.80. The second-order valence-electron chi connectivity index (χ2n) is 2.77. The van der Waals surface area contributed by atoms with Gasteiger partial charge in [0.1, 0.15) is 0 Å². The Balaban J connectivity index is 2.36. The van der Waals surface area contributed by atoms with Gasteiger partial charge in [-0.15, -0.1) is 11.3 Å². The highest BCUT2D eigenvalue weighted by molar-refractivity contribution is 14.1. The van der Waals surface area contributed by atoms with Crippen molar-refractivity contribution in [2.24, 2.45) is 5.73 Å². The number of halogens is 1. The van der Waals surface area contributed by atoms with E-state index in [1.165, 1.54) is 13.3 Å². The van der Waals surface area contributed by atoms with E-state index in [9.17, 15) is 0 Å². The third-order valence-electron chi connectivity index (χ3n) is 2.02. The second kappa shape index (κ2) is 3.61. The Kier molecular flexibility index (Phi) is 2.69. The molecule has 0 radical (unpaired) electrons. The summed E-state index contributed by atoms with van der Waals surface area (Å²) >= 11 is 4.21. The Morgan fingerprint density at radius 1 is 1.75 bits per heavy atom. The van der Waals surface area contributed by atoms with Gasteiger partial charge >= 0.3 is 0 Å². The lowest BCUT2D eigenvalue weighted by molar-refractivity contribution is 0.0498. The van der Waals surface area contributed by atoms with Gasteiger partial charge in [-0.1, -0.05) is 0 Å². The number of rotatable bonds is 1. The normalized spacial score (nSPS) is 22.3. The lowest BCUT2D eigenvalue weighted by Crippen LogP contribution is -2.21. The molecule has 1 atom stereocenters. The van der Waals surface area contributed by atoms with Crippen LogP contribution < -0.4 is 5.73 Å². The molecule has 2 rings (SSSR count). The molecule has 0 amide bonds. The fourth-order valence-electron chi connectivity index (χ4n) is 1.46. The quantitative estimate of drug-likeness (QED) is 0.804. The summed E-state index contributed by atoms with van der Waals surface area (Å²) < 4.78 is 6.88. The molecule has 0 fully saturated rings. The van der Waals surface area contributed by atoms with Gasteiger partial charge in [0.25, 0.3) is 0 Å². The monoisotopic (exact) mass is 295 g/mol. The SMILES string of the molecule is NCC1OCCc2sc(I)cc21. The van der Waals surface area contributed by atoms with Gasteiger partial charge in [-0.3, -0.25) is 0 Å². The van der Waals surface area contributed by atoms with Crippen molar-refractivity contribution in [3.8, 4) is 0 Å². The standard InChI is InChI=1S/C8H10INOS/c9-8-3-5-6(4-10)11-2-1-7(5)12-8/h3,6H,1-2,4,10H2. The van der Waals surface area contributed by atoms with Crippen LogP contribution in [0.5, 0.6) is 0 Å². The molecule has 0 aromatic carbocycles. The first-order valence-electron chi connectivity index (χ1n) is 3.91. The highest BCUT2D eigenvalue weighted by Crippen LogP contribution is 2.33. The number of hydrogen-bond acceptors (Lipinski definition) is 3. The largest absolute Gasteiger partial charge is 0.372 e. The maximum absolute atomic E-state index is 5.60. The van der Waals surface area contributed by atoms with Gasteiger partial charge in [-0.2, -0.15) is 0 Å². The molecular formula is C8H10INOS. The van der Waals surface area contributed by atoms with Gasteiger partial charge in [0, 0.05) is 17.8 Å². The van der Waals surface area contributed by atoms with Crippen LogP contribution in [0.15, 0.2) is 6.07 Å². The summed E-state index contributed by atoms with van der Waals surface area (Å²) in [5, 5.41) is 0. The summed E-state index contributed by atoms with van der Waals surface area (Å²) in [5.74, 6) is 0. The van der Waals surface area contributed by atoms with Crippen LogP contribution in [0.4, 0.5) is 0 Å². The van der Waals surface area contributed by atoms with Crippen LogP contribution in [0.1, 0.15) is 16.5 Å². The van der Waals surface area contributed by atoms with Crippen molar-refractivity contribution in [2.75, 3.05) is 13.2 Å². The molecule has 1 aliphatic heterocycles. The Morgan fingerprint density at radius 2 is 2.58 bits per heavy atom. The Labute approximate surface area is 89.2 Å². The molecule has 0 aliphatic carbocycles. The highest BCUT2D eigenvalue weighted by atomic mass is 127. The minimum Gasteiger partial charge on any atom is -0.372 e. The van der Waals surface area contributed by atoms with Crippen molar-refractivity contribution in [1.82, 2.24) is 0 Å². The minimum absolute atomic E-state index is 0.147. The molecule has 0 bridgehead atoms. The van der Waals surface area contributed by atoms with Crippen LogP contribution in [-0.2, 0) is 11.2 Å². The fourth-order valence-corrected chi connectivity index (χ4v) is 3.50. The molecule has 1 aliphatic rings. The lowest BCUT2D eigenvalue weighted by atomic mass is 10.1. The number of nitrogens with two attached hydrogens (primary N) is 1. The molecule has 12 heavy (non-hydrogen) atoms. The summed E-state index contributed by atoms with van der Waals surface area (Å²) in [6.07, 6.45) is 1.20. The summed E-state index contributed by atoms with van der Waals surface area (Å²) in [6, 6.07) is 2.19. The van der Waals surface area contributed by atoms with E-state index in [0.717, 1.165) is 13.0 Å². The zero-order chi connectivity index (χ0) is 8.55. The number of fused-ring (bicyclic) bond motifs is 1. The number of hydrogen-bond donors (Lipinski definition) is 1. The lowest BCUT2D eigenvalue weighted by Gasteiger charge is -2.21. The Bertz CT molecular complexity index is 287. The zero-order valence-electron chi connectivity index (χ0n) is 6.55. The van der Waals surface area contributed by atoms with Crippen LogP contribution in [0.3, 0.4) is 0 Å². The molecule has 2 heterocycles. The van der Waals surface area contributed by atoms with Gasteiger partial charge in [-0.25, -0.2) is 0 Å². The Morgan fingerprint density at radius 3 is 3.33 bits per heavy atom. The van der Waals surface area contributed by atoms with Crippen molar-refractivity contribution in [3.05, 3.63) is 19.4 Å². The van der Waals surface area contributed by atoms with E-state index in [1.807, 2.05) is 11.3 Å². The average Bonchev–Trinajstić information content (AvgIpc) is 2.44. The summed E-state index contributed by atoms with van der Waals surface area (Å²) in [4.78, 5) is 1.46. The maximum Gasteiger partial charge on any atom is 0.0958 e. The van der Waals surface area contributed by atoms with Gasteiger partial charge in [0.2, 0.25) is 0 Å². The summed E-state index contributed by atoms with van der Waals surface area (Å²) in [5.41, 5.74) is 6.92. The maximum atomic E-state index is 5.60. The molecule has 2 N–H and O–H groups in total. The molecule has 4 heteroatoms. The van der Waals surface area contributed by atoms with Crippen LogP contribution in [-0.4, -0.2) is 13.2 Å². The number of thiophene rings is 1. The first-order chi connectivity index (χ1) is 5.81. The molecule has 66 valence electrons.